The van der Waals surface area contributed by atoms with Gasteiger partial charge in [-0.05, 0) is 32.5 Å². The normalized spacial score (nSPS) is 18.5. The fourth-order valence-electron chi connectivity index (χ4n) is 3.12. The van der Waals surface area contributed by atoms with Gasteiger partial charge in [0.1, 0.15) is 0 Å². The van der Waals surface area contributed by atoms with E-state index in [2.05, 4.69) is 55.9 Å². The molecule has 1 fully saturated rings. The Morgan fingerprint density at radius 3 is 2.29 bits per heavy atom. The van der Waals surface area contributed by atoms with Crippen LogP contribution in [0.2, 0.25) is 0 Å². The van der Waals surface area contributed by atoms with Crippen molar-refractivity contribution in [3.8, 4) is 0 Å². The maximum atomic E-state index is 4.38. The number of rotatable bonds is 4. The van der Waals surface area contributed by atoms with E-state index in [-0.39, 0.29) is 5.41 Å². The first-order valence-electron chi connectivity index (χ1n) is 6.54. The highest BCUT2D eigenvalue weighted by molar-refractivity contribution is 5.37. The van der Waals surface area contributed by atoms with Gasteiger partial charge in [-0.2, -0.15) is 0 Å². The summed E-state index contributed by atoms with van der Waals surface area (Å²) >= 11 is 0. The number of hydrogen-bond acceptors (Lipinski definition) is 1. The summed E-state index contributed by atoms with van der Waals surface area (Å²) in [5.41, 5.74) is 3.08. The first-order valence-corrected chi connectivity index (χ1v) is 6.54. The van der Waals surface area contributed by atoms with Crippen LogP contribution < -0.4 is 0 Å². The molecule has 1 heteroatoms. The lowest BCUT2D eigenvalue weighted by Crippen LogP contribution is -2.30. The molecule has 0 spiro atoms. The van der Waals surface area contributed by atoms with Crippen molar-refractivity contribution < 1.29 is 0 Å². The van der Waals surface area contributed by atoms with Crippen LogP contribution in [0.15, 0.2) is 42.5 Å². The molecule has 0 unspecified atom stereocenters. The largest absolute Gasteiger partial charge is 0.305 e. The van der Waals surface area contributed by atoms with Crippen molar-refractivity contribution >= 4 is 0 Å². The van der Waals surface area contributed by atoms with Gasteiger partial charge in [0.05, 0.1) is 0 Å². The van der Waals surface area contributed by atoms with Gasteiger partial charge in [-0.1, -0.05) is 55.3 Å². The molecule has 0 amide bonds. The fourth-order valence-corrected chi connectivity index (χ4v) is 3.12. The summed E-state index contributed by atoms with van der Waals surface area (Å²) < 4.78 is 0. The molecule has 1 aliphatic carbocycles. The summed E-state index contributed by atoms with van der Waals surface area (Å²) in [4.78, 5) is 2.23. The monoisotopic (exact) mass is 229 g/mol. The van der Waals surface area contributed by atoms with Crippen LogP contribution >= 0.6 is 0 Å². The Kier molecular flexibility index (Phi) is 3.68. The van der Waals surface area contributed by atoms with Crippen molar-refractivity contribution in [2.75, 3.05) is 20.6 Å². The summed E-state index contributed by atoms with van der Waals surface area (Å²) in [6, 6.07) is 10.9. The van der Waals surface area contributed by atoms with Gasteiger partial charge in [0.2, 0.25) is 0 Å². The molecular weight excluding hydrogens is 206 g/mol. The minimum atomic E-state index is 0.242. The molecule has 1 aliphatic rings. The van der Waals surface area contributed by atoms with Crippen LogP contribution in [0.25, 0.3) is 0 Å². The van der Waals surface area contributed by atoms with Gasteiger partial charge < -0.3 is 4.90 Å². The lowest BCUT2D eigenvalue weighted by molar-refractivity contribution is 0.397. The summed E-state index contributed by atoms with van der Waals surface area (Å²) in [6.07, 6.45) is 5.20. The number of hydrogen-bond donors (Lipinski definition) is 0. The Bertz CT molecular complexity index is 372. The van der Waals surface area contributed by atoms with Crippen molar-refractivity contribution in [2.45, 2.75) is 31.1 Å². The molecule has 2 rings (SSSR count). The van der Waals surface area contributed by atoms with Gasteiger partial charge in [-0.3, -0.25) is 0 Å². The molecule has 1 nitrogen and oxygen atoms in total. The highest BCUT2D eigenvalue weighted by Gasteiger charge is 2.37. The smallest absolute Gasteiger partial charge is 0.0193 e. The molecule has 0 heterocycles. The Morgan fingerprint density at radius 1 is 1.18 bits per heavy atom. The average molecular weight is 229 g/mol. The molecule has 0 bridgehead atoms. The van der Waals surface area contributed by atoms with E-state index in [1.807, 2.05) is 0 Å². The molecule has 92 valence electrons. The van der Waals surface area contributed by atoms with Crippen molar-refractivity contribution in [3.63, 3.8) is 0 Å². The number of nitrogens with zero attached hydrogens (tertiary/aromatic N) is 1. The van der Waals surface area contributed by atoms with Crippen molar-refractivity contribution in [3.05, 3.63) is 48.0 Å². The van der Waals surface area contributed by atoms with E-state index in [0.29, 0.717) is 0 Å². The molecule has 1 aromatic rings. The van der Waals surface area contributed by atoms with Crippen molar-refractivity contribution in [1.29, 1.82) is 0 Å². The van der Waals surface area contributed by atoms with Crippen LogP contribution in [0.1, 0.15) is 31.2 Å². The zero-order chi connectivity index (χ0) is 12.3. The first-order chi connectivity index (χ1) is 8.15. The lowest BCUT2D eigenvalue weighted by Gasteiger charge is -2.33. The van der Waals surface area contributed by atoms with Crippen molar-refractivity contribution in [1.82, 2.24) is 4.90 Å². The predicted octanol–water partition coefficient (Wildman–Crippen LogP) is 3.62. The molecule has 0 radical (unpaired) electrons. The molecule has 17 heavy (non-hydrogen) atoms. The van der Waals surface area contributed by atoms with Crippen LogP contribution in [0.3, 0.4) is 0 Å². The third kappa shape index (κ3) is 2.44. The summed E-state index contributed by atoms with van der Waals surface area (Å²) in [5, 5.41) is 0. The zero-order valence-corrected chi connectivity index (χ0v) is 11.1. The number of likely N-dealkylation sites (N-methyl/N-ethyl adjacent to an activating group) is 1. The van der Waals surface area contributed by atoms with Crippen LogP contribution in [-0.2, 0) is 5.41 Å². The van der Waals surface area contributed by atoms with E-state index in [9.17, 15) is 0 Å². The van der Waals surface area contributed by atoms with E-state index in [1.165, 1.54) is 36.8 Å². The topological polar surface area (TPSA) is 3.24 Å². The summed E-state index contributed by atoms with van der Waals surface area (Å²) in [5.74, 6) is 0. The Hall–Kier alpha value is -1.08. The van der Waals surface area contributed by atoms with Crippen LogP contribution in [0.5, 0.6) is 0 Å². The minimum Gasteiger partial charge on any atom is -0.305 e. The zero-order valence-electron chi connectivity index (χ0n) is 11.1. The molecule has 0 aliphatic heterocycles. The van der Waals surface area contributed by atoms with Crippen LogP contribution in [-0.4, -0.2) is 25.5 Å². The second kappa shape index (κ2) is 5.05. The first kappa shape index (κ1) is 12.4. The van der Waals surface area contributed by atoms with E-state index < -0.39 is 0 Å². The second-order valence-electron chi connectivity index (χ2n) is 5.50. The predicted molar refractivity (Wildman–Crippen MR) is 74.3 cm³/mol. The Labute approximate surface area is 105 Å². The summed E-state index contributed by atoms with van der Waals surface area (Å²) in [7, 11) is 4.25. The molecule has 1 saturated carbocycles. The second-order valence-corrected chi connectivity index (χ2v) is 5.50. The molecule has 0 saturated heterocycles. The molecule has 0 atom stereocenters. The highest BCUT2D eigenvalue weighted by Crippen LogP contribution is 2.46. The quantitative estimate of drug-likeness (QED) is 0.713. The maximum Gasteiger partial charge on any atom is 0.0193 e. The third-order valence-electron chi connectivity index (χ3n) is 3.97. The van der Waals surface area contributed by atoms with Gasteiger partial charge in [-0.25, -0.2) is 0 Å². The standard InChI is InChI=1S/C16H23N/c1-14(13-17(2)3)16(11-7-8-12-16)15-9-5-4-6-10-15/h4-6,9-10H,1,7-8,11-13H2,2-3H3. The third-order valence-corrected chi connectivity index (χ3v) is 3.97. The Morgan fingerprint density at radius 2 is 1.76 bits per heavy atom. The molecular formula is C16H23N. The van der Waals surface area contributed by atoms with Crippen molar-refractivity contribution in [2.24, 2.45) is 0 Å². The fraction of sp³-hybridized carbons (Fsp3) is 0.500. The average Bonchev–Trinajstić information content (AvgIpc) is 2.79. The SMILES string of the molecule is C=C(CN(C)C)C1(c2ccccc2)CCCC1. The van der Waals surface area contributed by atoms with Crippen LogP contribution in [0.4, 0.5) is 0 Å². The van der Waals surface area contributed by atoms with Crippen LogP contribution in [0, 0.1) is 0 Å². The highest BCUT2D eigenvalue weighted by atomic mass is 15.1. The van der Waals surface area contributed by atoms with E-state index in [1.54, 1.807) is 0 Å². The lowest BCUT2D eigenvalue weighted by atomic mass is 9.73. The van der Waals surface area contributed by atoms with Gasteiger partial charge >= 0.3 is 0 Å². The van der Waals surface area contributed by atoms with Gasteiger partial charge in [-0.15, -0.1) is 0 Å². The van der Waals surface area contributed by atoms with E-state index in [4.69, 9.17) is 0 Å². The van der Waals surface area contributed by atoms with Gasteiger partial charge in [0.15, 0.2) is 0 Å². The van der Waals surface area contributed by atoms with Gasteiger partial charge in [0.25, 0.3) is 0 Å². The molecule has 1 aromatic carbocycles. The minimum absolute atomic E-state index is 0.242. The molecule has 0 aromatic heterocycles. The summed E-state index contributed by atoms with van der Waals surface area (Å²) in [6.45, 7) is 5.38. The van der Waals surface area contributed by atoms with E-state index >= 15 is 0 Å². The molecule has 0 N–H and O–H groups in total. The Balaban J connectivity index is 2.30. The number of benzene rings is 1. The maximum absolute atomic E-state index is 4.38. The van der Waals surface area contributed by atoms with E-state index in [0.717, 1.165) is 6.54 Å². The van der Waals surface area contributed by atoms with Gasteiger partial charge in [0, 0.05) is 12.0 Å².